The molecule has 0 radical (unpaired) electrons. The molecule has 0 spiro atoms. The summed E-state index contributed by atoms with van der Waals surface area (Å²) in [7, 11) is 1.38. The van der Waals surface area contributed by atoms with Crippen molar-refractivity contribution in [3.63, 3.8) is 0 Å². The first-order valence-electron chi connectivity index (χ1n) is 9.65. The van der Waals surface area contributed by atoms with Crippen LogP contribution >= 0.6 is 0 Å². The Balaban J connectivity index is 2.46. The van der Waals surface area contributed by atoms with Gasteiger partial charge in [0, 0.05) is 22.7 Å². The Morgan fingerprint density at radius 1 is 0.903 bits per heavy atom. The van der Waals surface area contributed by atoms with E-state index in [2.05, 4.69) is 0 Å². The third kappa shape index (κ3) is 3.64. The summed E-state index contributed by atoms with van der Waals surface area (Å²) < 4.78 is 88.3. The second-order valence-corrected chi connectivity index (χ2v) is 7.57. The molecule has 0 saturated carbocycles. The maximum atomic E-state index is 13.6. The molecule has 31 heavy (non-hydrogen) atoms. The number of benzene rings is 2. The van der Waals surface area contributed by atoms with Crippen molar-refractivity contribution in [2.75, 3.05) is 7.11 Å². The van der Waals surface area contributed by atoms with Crippen LogP contribution in [-0.4, -0.2) is 24.0 Å². The molecule has 3 nitrogen and oxygen atoms in total. The summed E-state index contributed by atoms with van der Waals surface area (Å²) in [5.74, 6) is 0.333. The summed E-state index contributed by atoms with van der Waals surface area (Å²) in [6.07, 6.45) is -9.75. The average molecular weight is 445 g/mol. The number of methoxy groups -OCH3 is 1. The van der Waals surface area contributed by atoms with Crippen molar-refractivity contribution in [1.29, 1.82) is 0 Å². The first-order chi connectivity index (χ1) is 14.4. The molecule has 0 bridgehead atoms. The highest BCUT2D eigenvalue weighted by atomic mass is 19.4. The Bertz CT molecular complexity index is 1160. The van der Waals surface area contributed by atoms with Gasteiger partial charge in [0.05, 0.1) is 12.6 Å². The zero-order valence-electron chi connectivity index (χ0n) is 17.1. The van der Waals surface area contributed by atoms with E-state index in [1.54, 1.807) is 0 Å². The van der Waals surface area contributed by atoms with Gasteiger partial charge in [0.25, 0.3) is 5.56 Å². The van der Waals surface area contributed by atoms with Gasteiger partial charge in [0.2, 0.25) is 0 Å². The standard InChI is InChI=1S/C22H21F6NO2/c1-4-5-10-29-18-9-6-13(20(2,21(23,24)25)22(26,27)28)11-17(18)16-12-14(31-3)7-8-15(16)19(29)30/h6-9,11-12H,4-5,10H2,1-3H3. The fraction of sp³-hybridized carbons (Fsp3) is 0.409. The van der Waals surface area contributed by atoms with Gasteiger partial charge >= 0.3 is 12.4 Å². The van der Waals surface area contributed by atoms with E-state index in [1.165, 1.54) is 29.9 Å². The fourth-order valence-corrected chi connectivity index (χ4v) is 3.64. The van der Waals surface area contributed by atoms with Crippen molar-refractivity contribution >= 4 is 21.7 Å². The van der Waals surface area contributed by atoms with Crippen LogP contribution in [0.2, 0.25) is 0 Å². The maximum absolute atomic E-state index is 13.6. The minimum absolute atomic E-state index is 0.127. The Morgan fingerprint density at radius 2 is 1.55 bits per heavy atom. The Morgan fingerprint density at radius 3 is 2.10 bits per heavy atom. The molecule has 0 aliphatic rings. The van der Waals surface area contributed by atoms with Crippen molar-refractivity contribution < 1.29 is 31.1 Å². The van der Waals surface area contributed by atoms with Crippen molar-refractivity contribution in [2.24, 2.45) is 0 Å². The van der Waals surface area contributed by atoms with E-state index in [0.717, 1.165) is 24.6 Å². The van der Waals surface area contributed by atoms with Crippen LogP contribution in [0.15, 0.2) is 41.2 Å². The van der Waals surface area contributed by atoms with E-state index in [1.807, 2.05) is 6.92 Å². The number of aromatic nitrogens is 1. The van der Waals surface area contributed by atoms with Crippen LogP contribution in [0.1, 0.15) is 32.3 Å². The number of ether oxygens (including phenoxy) is 1. The lowest BCUT2D eigenvalue weighted by Gasteiger charge is -2.34. The molecule has 3 rings (SSSR count). The predicted molar refractivity (Wildman–Crippen MR) is 107 cm³/mol. The lowest BCUT2D eigenvalue weighted by Crippen LogP contribution is -2.51. The lowest BCUT2D eigenvalue weighted by molar-refractivity contribution is -0.297. The molecular weight excluding hydrogens is 424 g/mol. The highest BCUT2D eigenvalue weighted by Gasteiger charge is 2.68. The number of hydrogen-bond donors (Lipinski definition) is 0. The van der Waals surface area contributed by atoms with Gasteiger partial charge in [-0.2, -0.15) is 26.3 Å². The Kier molecular flexibility index (Phi) is 5.75. The van der Waals surface area contributed by atoms with Gasteiger partial charge in [-0.05, 0) is 49.2 Å². The minimum Gasteiger partial charge on any atom is -0.497 e. The number of hydrogen-bond acceptors (Lipinski definition) is 2. The van der Waals surface area contributed by atoms with E-state index < -0.39 is 23.3 Å². The number of fused-ring (bicyclic) bond motifs is 3. The highest BCUT2D eigenvalue weighted by Crippen LogP contribution is 2.52. The summed E-state index contributed by atoms with van der Waals surface area (Å²) in [6.45, 7) is 2.34. The van der Waals surface area contributed by atoms with Gasteiger partial charge in [-0.1, -0.05) is 19.4 Å². The minimum atomic E-state index is -5.57. The number of pyridine rings is 1. The fourth-order valence-electron chi connectivity index (χ4n) is 3.64. The topological polar surface area (TPSA) is 31.2 Å². The highest BCUT2D eigenvalue weighted by molar-refractivity contribution is 6.06. The van der Waals surface area contributed by atoms with Crippen LogP contribution in [0.25, 0.3) is 21.7 Å². The molecule has 0 amide bonds. The molecule has 0 aliphatic carbocycles. The molecule has 9 heteroatoms. The van der Waals surface area contributed by atoms with Gasteiger partial charge in [0.15, 0.2) is 5.41 Å². The summed E-state index contributed by atoms with van der Waals surface area (Å²) in [5, 5.41) is 0.560. The zero-order valence-corrected chi connectivity index (χ0v) is 17.1. The molecule has 168 valence electrons. The second kappa shape index (κ2) is 7.76. The first-order valence-corrected chi connectivity index (χ1v) is 9.65. The third-order valence-corrected chi connectivity index (χ3v) is 5.73. The average Bonchev–Trinajstić information content (AvgIpc) is 2.70. The zero-order chi connectivity index (χ0) is 23.2. The van der Waals surface area contributed by atoms with Crippen LogP contribution in [0.5, 0.6) is 5.75 Å². The number of aryl methyl sites for hydroxylation is 1. The van der Waals surface area contributed by atoms with E-state index >= 15 is 0 Å². The predicted octanol–water partition coefficient (Wildman–Crippen LogP) is 6.35. The quantitative estimate of drug-likeness (QED) is 0.339. The van der Waals surface area contributed by atoms with E-state index in [0.29, 0.717) is 18.7 Å². The van der Waals surface area contributed by atoms with Gasteiger partial charge < -0.3 is 9.30 Å². The molecule has 2 aromatic carbocycles. The molecule has 3 aromatic rings. The number of rotatable bonds is 5. The smallest absolute Gasteiger partial charge is 0.406 e. The summed E-state index contributed by atoms with van der Waals surface area (Å²) >= 11 is 0. The monoisotopic (exact) mass is 445 g/mol. The van der Waals surface area contributed by atoms with Gasteiger partial charge in [-0.3, -0.25) is 4.79 Å². The maximum Gasteiger partial charge on any atom is 0.406 e. The Hall–Kier alpha value is -2.71. The van der Waals surface area contributed by atoms with Crippen LogP contribution in [0.4, 0.5) is 26.3 Å². The van der Waals surface area contributed by atoms with Gasteiger partial charge in [0.1, 0.15) is 5.75 Å². The molecule has 1 heterocycles. The van der Waals surface area contributed by atoms with Gasteiger partial charge in [-0.15, -0.1) is 0 Å². The lowest BCUT2D eigenvalue weighted by atomic mass is 9.80. The number of nitrogens with zero attached hydrogens (tertiary/aromatic N) is 1. The van der Waals surface area contributed by atoms with Crippen LogP contribution in [0, 0.1) is 0 Å². The largest absolute Gasteiger partial charge is 0.497 e. The molecule has 1 aromatic heterocycles. The van der Waals surface area contributed by atoms with Crippen molar-refractivity contribution in [3.05, 3.63) is 52.3 Å². The van der Waals surface area contributed by atoms with E-state index in [4.69, 9.17) is 4.74 Å². The first kappa shape index (κ1) is 23.0. The molecule has 0 N–H and O–H groups in total. The Labute approximate surface area is 174 Å². The second-order valence-electron chi connectivity index (χ2n) is 7.57. The summed E-state index contributed by atoms with van der Waals surface area (Å²) in [6, 6.07) is 7.30. The molecule has 0 aliphatic heterocycles. The SMILES string of the molecule is CCCCn1c(=O)c2ccc(OC)cc2c2cc(C(C)(C(F)(F)F)C(F)(F)F)ccc21. The molecule has 0 fully saturated rings. The molecule has 0 saturated heterocycles. The summed E-state index contributed by atoms with van der Waals surface area (Å²) in [4.78, 5) is 13.0. The molecule has 0 atom stereocenters. The van der Waals surface area contributed by atoms with E-state index in [-0.39, 0.29) is 34.2 Å². The van der Waals surface area contributed by atoms with Crippen LogP contribution in [0.3, 0.4) is 0 Å². The number of alkyl halides is 6. The van der Waals surface area contributed by atoms with E-state index in [9.17, 15) is 31.1 Å². The third-order valence-electron chi connectivity index (χ3n) is 5.73. The van der Waals surface area contributed by atoms with Crippen LogP contribution < -0.4 is 10.3 Å². The molecular formula is C22H21F6NO2. The summed E-state index contributed by atoms with van der Waals surface area (Å²) in [5.41, 5.74) is -5.09. The van der Waals surface area contributed by atoms with Crippen molar-refractivity contribution in [1.82, 2.24) is 4.57 Å². The van der Waals surface area contributed by atoms with Crippen LogP contribution in [-0.2, 0) is 12.0 Å². The molecule has 0 unspecified atom stereocenters. The van der Waals surface area contributed by atoms with Crippen molar-refractivity contribution in [3.8, 4) is 5.75 Å². The number of unbranched alkanes of at least 4 members (excludes halogenated alkanes) is 1. The number of halogens is 6. The van der Waals surface area contributed by atoms with Crippen molar-refractivity contribution in [2.45, 2.75) is 51.0 Å². The van der Waals surface area contributed by atoms with Gasteiger partial charge in [-0.25, -0.2) is 0 Å². The normalized spacial score (nSPS) is 13.2.